The second-order valence-corrected chi connectivity index (χ2v) is 9.85. The summed E-state index contributed by atoms with van der Waals surface area (Å²) in [5.74, 6) is 0.846. The van der Waals surface area contributed by atoms with Gasteiger partial charge in [0.05, 0.1) is 0 Å². The molecule has 1 aliphatic rings. The highest BCUT2D eigenvalue weighted by molar-refractivity contribution is 5.67. The van der Waals surface area contributed by atoms with Crippen LogP contribution in [-0.2, 0) is 4.74 Å². The zero-order chi connectivity index (χ0) is 23.8. The Morgan fingerprint density at radius 1 is 1.03 bits per heavy atom. The highest BCUT2D eigenvalue weighted by Crippen LogP contribution is 2.29. The van der Waals surface area contributed by atoms with E-state index in [4.69, 9.17) is 9.47 Å². The lowest BCUT2D eigenvalue weighted by Gasteiger charge is -2.27. The second-order valence-electron chi connectivity index (χ2n) is 9.85. The molecule has 0 saturated carbocycles. The molecule has 1 unspecified atom stereocenters. The number of amides is 1. The number of carbonyl (C=O) groups excluding carboxylic acids is 1. The van der Waals surface area contributed by atoms with E-state index in [2.05, 4.69) is 47.2 Å². The van der Waals surface area contributed by atoms with E-state index < -0.39 is 5.60 Å². The second kappa shape index (κ2) is 11.4. The number of hydrogen-bond donors (Lipinski definition) is 0. The van der Waals surface area contributed by atoms with Crippen LogP contribution in [0, 0.1) is 0 Å². The van der Waals surface area contributed by atoms with Gasteiger partial charge in [0.15, 0.2) is 0 Å². The van der Waals surface area contributed by atoms with Crippen molar-refractivity contribution in [3.63, 3.8) is 0 Å². The molecule has 1 aliphatic heterocycles. The maximum Gasteiger partial charge on any atom is 0.410 e. The van der Waals surface area contributed by atoms with Crippen LogP contribution >= 0.6 is 0 Å². The van der Waals surface area contributed by atoms with Crippen LogP contribution in [0.1, 0.15) is 45.3 Å². The lowest BCUT2D eigenvalue weighted by molar-refractivity contribution is 0.0278. The van der Waals surface area contributed by atoms with Crippen molar-refractivity contribution in [3.8, 4) is 5.75 Å². The Morgan fingerprint density at radius 2 is 1.79 bits per heavy atom. The number of ether oxygens (including phenoxy) is 2. The van der Waals surface area contributed by atoms with Crippen LogP contribution in [0.3, 0.4) is 0 Å². The summed E-state index contributed by atoms with van der Waals surface area (Å²) in [6.45, 7) is 10.4. The van der Waals surface area contributed by atoms with Gasteiger partial charge in [0.1, 0.15) is 17.5 Å². The van der Waals surface area contributed by atoms with Crippen LogP contribution in [0.2, 0.25) is 0 Å². The van der Waals surface area contributed by atoms with Crippen LogP contribution in [0.25, 0.3) is 0 Å². The molecular weight excluding hydrogens is 414 g/mol. The zero-order valence-electron chi connectivity index (χ0n) is 20.8. The van der Waals surface area contributed by atoms with Crippen LogP contribution in [0.15, 0.2) is 54.6 Å². The molecule has 1 atom stereocenters. The molecule has 0 radical (unpaired) electrons. The van der Waals surface area contributed by atoms with Gasteiger partial charge >= 0.3 is 6.09 Å². The van der Waals surface area contributed by atoms with E-state index in [0.29, 0.717) is 13.0 Å². The third kappa shape index (κ3) is 7.97. The molecule has 3 rings (SSSR count). The van der Waals surface area contributed by atoms with E-state index in [1.807, 2.05) is 45.0 Å². The standard InChI is InChI=1S/C27H39N3O3/c1-27(2,3)33-26(31)29(5)18-15-25(22-11-7-6-8-12-22)32-24-14-9-13-23(21-24)30-17-10-16-28(4)19-20-30/h6-9,11-14,21,25H,10,15-20H2,1-5H3. The van der Waals surface area contributed by atoms with Gasteiger partial charge in [0, 0.05) is 51.4 Å². The minimum absolute atomic E-state index is 0.165. The Hall–Kier alpha value is -2.73. The molecule has 1 amide bonds. The average Bonchev–Trinajstić information content (AvgIpc) is 3.00. The highest BCUT2D eigenvalue weighted by Gasteiger charge is 2.22. The Labute approximate surface area is 199 Å². The van der Waals surface area contributed by atoms with E-state index in [1.54, 1.807) is 11.9 Å². The summed E-state index contributed by atoms with van der Waals surface area (Å²) in [5.41, 5.74) is 1.78. The molecule has 6 nitrogen and oxygen atoms in total. The molecular formula is C27H39N3O3. The van der Waals surface area contributed by atoms with Crippen molar-refractivity contribution in [1.29, 1.82) is 0 Å². The van der Waals surface area contributed by atoms with E-state index in [-0.39, 0.29) is 12.2 Å². The Bertz CT molecular complexity index is 882. The van der Waals surface area contributed by atoms with Crippen molar-refractivity contribution in [3.05, 3.63) is 60.2 Å². The fourth-order valence-corrected chi connectivity index (χ4v) is 3.93. The lowest BCUT2D eigenvalue weighted by atomic mass is 10.1. The first-order chi connectivity index (χ1) is 15.7. The number of likely N-dealkylation sites (N-methyl/N-ethyl adjacent to an activating group) is 1. The fourth-order valence-electron chi connectivity index (χ4n) is 3.93. The van der Waals surface area contributed by atoms with Gasteiger partial charge in [-0.3, -0.25) is 0 Å². The van der Waals surface area contributed by atoms with Gasteiger partial charge in [0.2, 0.25) is 0 Å². The third-order valence-electron chi connectivity index (χ3n) is 5.78. The Kier molecular flexibility index (Phi) is 8.61. The van der Waals surface area contributed by atoms with Crippen LogP contribution < -0.4 is 9.64 Å². The van der Waals surface area contributed by atoms with Gasteiger partial charge < -0.3 is 24.2 Å². The summed E-state index contributed by atoms with van der Waals surface area (Å²) in [7, 11) is 3.95. The van der Waals surface area contributed by atoms with Gasteiger partial charge in [-0.25, -0.2) is 4.79 Å². The Morgan fingerprint density at radius 3 is 2.52 bits per heavy atom. The van der Waals surface area contributed by atoms with Crippen LogP contribution in [-0.4, -0.2) is 68.3 Å². The molecule has 0 aliphatic carbocycles. The molecule has 2 aromatic carbocycles. The fraction of sp³-hybridized carbons (Fsp3) is 0.519. The van der Waals surface area contributed by atoms with Crippen molar-refractivity contribution in [2.45, 2.75) is 45.3 Å². The number of carbonyl (C=O) groups is 1. The molecule has 2 aromatic rings. The van der Waals surface area contributed by atoms with E-state index in [0.717, 1.165) is 43.9 Å². The first-order valence-corrected chi connectivity index (χ1v) is 11.9. The van der Waals surface area contributed by atoms with Gasteiger partial charge in [-0.05, 0) is 58.5 Å². The summed E-state index contributed by atoms with van der Waals surface area (Å²) in [6.07, 6.45) is 1.34. The molecule has 6 heteroatoms. The monoisotopic (exact) mass is 453 g/mol. The summed E-state index contributed by atoms with van der Waals surface area (Å²) >= 11 is 0. The molecule has 1 fully saturated rings. The van der Waals surface area contributed by atoms with Crippen LogP contribution in [0.5, 0.6) is 5.75 Å². The van der Waals surface area contributed by atoms with Gasteiger partial charge in [-0.1, -0.05) is 36.4 Å². The van der Waals surface area contributed by atoms with Crippen molar-refractivity contribution < 1.29 is 14.3 Å². The Balaban J connectivity index is 1.70. The van der Waals surface area contributed by atoms with Crippen molar-refractivity contribution in [1.82, 2.24) is 9.80 Å². The number of benzene rings is 2. The number of nitrogens with zero attached hydrogens (tertiary/aromatic N) is 3. The van der Waals surface area contributed by atoms with Crippen molar-refractivity contribution >= 4 is 11.8 Å². The lowest BCUT2D eigenvalue weighted by Crippen LogP contribution is -2.35. The zero-order valence-corrected chi connectivity index (χ0v) is 20.8. The largest absolute Gasteiger partial charge is 0.486 e. The maximum atomic E-state index is 12.4. The molecule has 0 bridgehead atoms. The summed E-state index contributed by atoms with van der Waals surface area (Å²) in [6, 6.07) is 18.6. The SMILES string of the molecule is CN1CCCN(c2cccc(OC(CCN(C)C(=O)OC(C)(C)C)c3ccccc3)c2)CC1. The molecule has 33 heavy (non-hydrogen) atoms. The predicted molar refractivity (Wildman–Crippen MR) is 134 cm³/mol. The maximum absolute atomic E-state index is 12.4. The van der Waals surface area contributed by atoms with Gasteiger partial charge in [-0.15, -0.1) is 0 Å². The quantitative estimate of drug-likeness (QED) is 0.576. The van der Waals surface area contributed by atoms with E-state index in [1.165, 1.54) is 5.69 Å². The minimum atomic E-state index is -0.511. The predicted octanol–water partition coefficient (Wildman–Crippen LogP) is 5.21. The molecule has 0 N–H and O–H groups in total. The number of anilines is 1. The first-order valence-electron chi connectivity index (χ1n) is 11.9. The summed E-state index contributed by atoms with van der Waals surface area (Å²) in [4.78, 5) is 18.8. The molecule has 1 heterocycles. The number of hydrogen-bond acceptors (Lipinski definition) is 5. The smallest absolute Gasteiger partial charge is 0.410 e. The average molecular weight is 454 g/mol. The van der Waals surface area contributed by atoms with Crippen molar-refractivity contribution in [2.75, 3.05) is 51.7 Å². The van der Waals surface area contributed by atoms with E-state index in [9.17, 15) is 4.79 Å². The molecule has 180 valence electrons. The number of rotatable bonds is 7. The van der Waals surface area contributed by atoms with Gasteiger partial charge in [0.25, 0.3) is 0 Å². The molecule has 1 saturated heterocycles. The van der Waals surface area contributed by atoms with Gasteiger partial charge in [-0.2, -0.15) is 0 Å². The highest BCUT2D eigenvalue weighted by atomic mass is 16.6. The van der Waals surface area contributed by atoms with E-state index >= 15 is 0 Å². The summed E-state index contributed by atoms with van der Waals surface area (Å²) in [5, 5.41) is 0. The topological polar surface area (TPSA) is 45.2 Å². The van der Waals surface area contributed by atoms with Crippen molar-refractivity contribution in [2.24, 2.45) is 0 Å². The van der Waals surface area contributed by atoms with Crippen LogP contribution in [0.4, 0.5) is 10.5 Å². The molecule has 0 aromatic heterocycles. The molecule has 0 spiro atoms. The first kappa shape index (κ1) is 24.9. The third-order valence-corrected chi connectivity index (χ3v) is 5.78. The minimum Gasteiger partial charge on any atom is -0.486 e. The summed E-state index contributed by atoms with van der Waals surface area (Å²) < 4.78 is 12.0. The normalized spacial score (nSPS) is 16.1.